The van der Waals surface area contributed by atoms with Crippen LogP contribution in [0.5, 0.6) is 0 Å². The molecule has 0 aliphatic carbocycles. The largest absolute Gasteiger partial charge is 0.0622 e. The molecule has 0 N–H and O–H groups in total. The van der Waals surface area contributed by atoms with Gasteiger partial charge in [0.1, 0.15) is 0 Å². The minimum absolute atomic E-state index is 1.23. The van der Waals surface area contributed by atoms with Gasteiger partial charge in [0.05, 0.1) is 0 Å². The number of rotatable bonds is 5. The molecule has 12 rings (SSSR count). The van der Waals surface area contributed by atoms with Crippen molar-refractivity contribution in [3.8, 4) is 55.6 Å². The molecule has 0 atom stereocenters. The van der Waals surface area contributed by atoms with Gasteiger partial charge in [-0.25, -0.2) is 0 Å². The maximum Gasteiger partial charge on any atom is -0.00201 e. The van der Waals surface area contributed by atoms with E-state index in [1.54, 1.807) is 0 Å². The Balaban J connectivity index is 1.14. The molecule has 0 bridgehead atoms. The van der Waals surface area contributed by atoms with Crippen LogP contribution in [0.25, 0.3) is 120 Å². The van der Waals surface area contributed by atoms with E-state index in [0.717, 1.165) is 0 Å². The summed E-state index contributed by atoms with van der Waals surface area (Å²) in [5, 5.41) is 15.6. The van der Waals surface area contributed by atoms with Gasteiger partial charge in [-0.1, -0.05) is 194 Å². The van der Waals surface area contributed by atoms with Crippen LogP contribution in [0.3, 0.4) is 0 Å². The second-order valence-electron chi connectivity index (χ2n) is 15.2. The first-order valence-corrected chi connectivity index (χ1v) is 19.5. The van der Waals surface area contributed by atoms with Crippen molar-refractivity contribution in [2.24, 2.45) is 0 Å². The molecule has 0 fully saturated rings. The van der Waals surface area contributed by atoms with Crippen molar-refractivity contribution < 1.29 is 0 Å². The van der Waals surface area contributed by atoms with Crippen molar-refractivity contribution >= 4 is 64.6 Å². The summed E-state index contributed by atoms with van der Waals surface area (Å²) in [4.78, 5) is 0. The molecule has 258 valence electrons. The molecular formula is C56H34. The Bertz CT molecular complexity index is 3180. The first-order chi connectivity index (χ1) is 27.8. The fraction of sp³-hybridized carbons (Fsp3) is 0. The maximum atomic E-state index is 2.50. The summed E-state index contributed by atoms with van der Waals surface area (Å²) in [5.41, 5.74) is 12.4. The molecule has 0 aromatic heterocycles. The van der Waals surface area contributed by atoms with E-state index in [9.17, 15) is 0 Å². The summed E-state index contributed by atoms with van der Waals surface area (Å²) >= 11 is 0. The monoisotopic (exact) mass is 706 g/mol. The molecule has 0 heteroatoms. The summed E-state index contributed by atoms with van der Waals surface area (Å²) < 4.78 is 0. The third-order valence-corrected chi connectivity index (χ3v) is 12.2. The molecule has 56 heavy (non-hydrogen) atoms. The molecule has 12 aromatic carbocycles. The third kappa shape index (κ3) is 4.66. The zero-order valence-electron chi connectivity index (χ0n) is 30.6. The van der Waals surface area contributed by atoms with E-state index in [1.165, 1.54) is 120 Å². The first-order valence-electron chi connectivity index (χ1n) is 19.5. The van der Waals surface area contributed by atoms with Crippen LogP contribution in [-0.2, 0) is 0 Å². The highest BCUT2D eigenvalue weighted by Crippen LogP contribution is 2.48. The Labute approximate surface area is 325 Å². The van der Waals surface area contributed by atoms with E-state index in [4.69, 9.17) is 0 Å². The smallest absolute Gasteiger partial charge is 0.00201 e. The van der Waals surface area contributed by atoms with Gasteiger partial charge >= 0.3 is 0 Å². The molecular weight excluding hydrogens is 673 g/mol. The molecule has 0 aliphatic heterocycles. The molecule has 0 heterocycles. The Hall–Kier alpha value is -7.28. The number of hydrogen-bond acceptors (Lipinski definition) is 0. The Morgan fingerprint density at radius 3 is 0.911 bits per heavy atom. The van der Waals surface area contributed by atoms with Crippen molar-refractivity contribution in [2.45, 2.75) is 0 Å². The van der Waals surface area contributed by atoms with E-state index in [2.05, 4.69) is 206 Å². The fourth-order valence-corrected chi connectivity index (χ4v) is 9.53. The molecule has 0 aliphatic rings. The molecule has 12 aromatic rings. The topological polar surface area (TPSA) is 0 Å². The second-order valence-corrected chi connectivity index (χ2v) is 15.2. The highest BCUT2D eigenvalue weighted by molar-refractivity contribution is 6.32. The number of hydrogen-bond donors (Lipinski definition) is 0. The summed E-state index contributed by atoms with van der Waals surface area (Å²) in [7, 11) is 0. The molecule has 0 radical (unpaired) electrons. The average Bonchev–Trinajstić information content (AvgIpc) is 3.28. The Kier molecular flexibility index (Phi) is 6.73. The summed E-state index contributed by atoms with van der Waals surface area (Å²) in [6, 6.07) is 76.6. The molecule has 0 spiro atoms. The van der Waals surface area contributed by atoms with E-state index in [1.807, 2.05) is 0 Å². The fourth-order valence-electron chi connectivity index (χ4n) is 9.53. The van der Waals surface area contributed by atoms with E-state index < -0.39 is 0 Å². The van der Waals surface area contributed by atoms with Gasteiger partial charge in [-0.15, -0.1) is 0 Å². The Morgan fingerprint density at radius 2 is 0.500 bits per heavy atom. The van der Waals surface area contributed by atoms with Gasteiger partial charge in [0.25, 0.3) is 0 Å². The van der Waals surface area contributed by atoms with Crippen LogP contribution < -0.4 is 0 Å². The van der Waals surface area contributed by atoms with Crippen LogP contribution in [-0.4, -0.2) is 0 Å². The molecule has 0 saturated heterocycles. The molecule has 0 nitrogen and oxygen atoms in total. The normalized spacial score (nSPS) is 11.9. The minimum atomic E-state index is 1.23. The molecule has 0 saturated carbocycles. The highest BCUT2D eigenvalue weighted by Gasteiger charge is 2.21. The van der Waals surface area contributed by atoms with Crippen LogP contribution in [0.1, 0.15) is 0 Å². The van der Waals surface area contributed by atoms with E-state index in [-0.39, 0.29) is 0 Å². The van der Waals surface area contributed by atoms with Crippen LogP contribution in [0.15, 0.2) is 206 Å². The van der Waals surface area contributed by atoms with Gasteiger partial charge < -0.3 is 0 Å². The maximum absolute atomic E-state index is 2.50. The summed E-state index contributed by atoms with van der Waals surface area (Å²) in [5.74, 6) is 0. The molecule has 0 unspecified atom stereocenters. The lowest BCUT2D eigenvalue weighted by Gasteiger charge is -2.21. The predicted molar refractivity (Wildman–Crippen MR) is 241 cm³/mol. The van der Waals surface area contributed by atoms with Crippen LogP contribution in [0, 0.1) is 0 Å². The molecule has 0 amide bonds. The number of benzene rings is 12. The van der Waals surface area contributed by atoms with Crippen molar-refractivity contribution in [1.29, 1.82) is 0 Å². The van der Waals surface area contributed by atoms with Gasteiger partial charge in [-0.3, -0.25) is 0 Å². The van der Waals surface area contributed by atoms with Crippen LogP contribution >= 0.6 is 0 Å². The first kappa shape index (κ1) is 31.1. The lowest BCUT2D eigenvalue weighted by atomic mass is 9.82. The average molecular weight is 707 g/mol. The standard InChI is InChI=1S/C56H34/c1-3-9-35(10-4-1)37-17-21-39(22-18-37)45-31-29-43-27-25-41-13-7-15-47-49(33-51(45)55(43)53(41)47)50-34-52-46(40-23-19-38(20-24-40)36-11-5-2-6-12-36)32-30-44-28-26-42-14-8-16-48(50)54(42)56(44)52/h1-34H. The van der Waals surface area contributed by atoms with Crippen molar-refractivity contribution in [2.75, 3.05) is 0 Å². The quantitative estimate of drug-likeness (QED) is 0.156. The van der Waals surface area contributed by atoms with Crippen LogP contribution in [0.2, 0.25) is 0 Å². The van der Waals surface area contributed by atoms with Gasteiger partial charge in [0.15, 0.2) is 0 Å². The van der Waals surface area contributed by atoms with E-state index >= 15 is 0 Å². The SMILES string of the molecule is c1ccc(-c2ccc(-c3ccc4ccc5cccc6c(-c7cc8c(-c9ccc(-c%10ccccc%10)cc9)ccc9ccc%10cccc7c%10c98)cc3c4c56)cc2)cc1. The van der Waals surface area contributed by atoms with Gasteiger partial charge in [0.2, 0.25) is 0 Å². The van der Waals surface area contributed by atoms with Crippen molar-refractivity contribution in [1.82, 2.24) is 0 Å². The summed E-state index contributed by atoms with van der Waals surface area (Å²) in [6.45, 7) is 0. The van der Waals surface area contributed by atoms with Crippen molar-refractivity contribution in [3.63, 3.8) is 0 Å². The van der Waals surface area contributed by atoms with Crippen molar-refractivity contribution in [3.05, 3.63) is 206 Å². The lowest BCUT2D eigenvalue weighted by molar-refractivity contribution is 1.61. The lowest BCUT2D eigenvalue weighted by Crippen LogP contribution is -1.93. The minimum Gasteiger partial charge on any atom is -0.0622 e. The second kappa shape index (κ2) is 12.1. The Morgan fingerprint density at radius 1 is 0.179 bits per heavy atom. The van der Waals surface area contributed by atoms with Gasteiger partial charge in [0, 0.05) is 0 Å². The zero-order valence-corrected chi connectivity index (χ0v) is 30.6. The predicted octanol–water partition coefficient (Wildman–Crippen LogP) is 15.8. The zero-order chi connectivity index (χ0) is 36.7. The summed E-state index contributed by atoms with van der Waals surface area (Å²) in [6.07, 6.45) is 0. The third-order valence-electron chi connectivity index (χ3n) is 12.2. The highest BCUT2D eigenvalue weighted by atomic mass is 14.2. The van der Waals surface area contributed by atoms with E-state index in [0.29, 0.717) is 0 Å². The van der Waals surface area contributed by atoms with Gasteiger partial charge in [-0.2, -0.15) is 0 Å². The van der Waals surface area contributed by atoms with Crippen LogP contribution in [0.4, 0.5) is 0 Å². The van der Waals surface area contributed by atoms with Gasteiger partial charge in [-0.05, 0) is 132 Å².